The third-order valence-electron chi connectivity index (χ3n) is 3.94. The summed E-state index contributed by atoms with van der Waals surface area (Å²) in [6.07, 6.45) is 2.23. The molecule has 1 unspecified atom stereocenters. The molecule has 0 bridgehead atoms. The largest absolute Gasteiger partial charge is 0.478 e. The summed E-state index contributed by atoms with van der Waals surface area (Å²) in [5, 5.41) is 11.9. The Morgan fingerprint density at radius 1 is 1.33 bits per heavy atom. The topological polar surface area (TPSA) is 69.6 Å². The summed E-state index contributed by atoms with van der Waals surface area (Å²) in [5.41, 5.74) is 1.15. The van der Waals surface area contributed by atoms with Gasteiger partial charge in [0, 0.05) is 13.1 Å². The number of nitrogens with one attached hydrogen (secondary N) is 1. The highest BCUT2D eigenvalue weighted by Gasteiger charge is 2.22. The van der Waals surface area contributed by atoms with E-state index in [1.165, 1.54) is 6.42 Å². The summed E-state index contributed by atoms with van der Waals surface area (Å²) < 4.78 is 0. The SMILES string of the molecule is CC1CCCN(C(=O)N[C@@H](C)c2ccc(C(=O)O)cc2)C1. The zero-order chi connectivity index (χ0) is 15.4. The van der Waals surface area contributed by atoms with Gasteiger partial charge in [0.15, 0.2) is 0 Å². The van der Waals surface area contributed by atoms with E-state index >= 15 is 0 Å². The van der Waals surface area contributed by atoms with E-state index in [4.69, 9.17) is 5.11 Å². The van der Waals surface area contributed by atoms with Gasteiger partial charge in [0.1, 0.15) is 0 Å². The number of piperidine rings is 1. The van der Waals surface area contributed by atoms with E-state index in [1.54, 1.807) is 24.3 Å². The lowest BCUT2D eigenvalue weighted by Gasteiger charge is -2.32. The maximum absolute atomic E-state index is 12.2. The molecule has 1 fully saturated rings. The molecule has 114 valence electrons. The van der Waals surface area contributed by atoms with Crippen LogP contribution < -0.4 is 5.32 Å². The third kappa shape index (κ3) is 3.97. The Labute approximate surface area is 125 Å². The highest BCUT2D eigenvalue weighted by atomic mass is 16.4. The highest BCUT2D eigenvalue weighted by molar-refractivity contribution is 5.87. The minimum absolute atomic E-state index is 0.0450. The summed E-state index contributed by atoms with van der Waals surface area (Å²) in [6, 6.07) is 6.42. The lowest BCUT2D eigenvalue weighted by atomic mass is 10.0. The van der Waals surface area contributed by atoms with E-state index in [0.717, 1.165) is 25.1 Å². The molecular formula is C16H22N2O3. The average molecular weight is 290 g/mol. The smallest absolute Gasteiger partial charge is 0.335 e. The molecule has 5 heteroatoms. The van der Waals surface area contributed by atoms with Gasteiger partial charge >= 0.3 is 12.0 Å². The third-order valence-corrected chi connectivity index (χ3v) is 3.94. The summed E-state index contributed by atoms with van der Waals surface area (Å²) in [4.78, 5) is 24.9. The molecule has 1 aliphatic heterocycles. The van der Waals surface area contributed by atoms with E-state index in [2.05, 4.69) is 12.2 Å². The lowest BCUT2D eigenvalue weighted by Crippen LogP contribution is -2.45. The molecule has 2 N–H and O–H groups in total. The maximum Gasteiger partial charge on any atom is 0.335 e. The van der Waals surface area contributed by atoms with Gasteiger partial charge in [-0.2, -0.15) is 0 Å². The number of nitrogens with zero attached hydrogens (tertiary/aromatic N) is 1. The van der Waals surface area contributed by atoms with E-state index < -0.39 is 5.97 Å². The minimum Gasteiger partial charge on any atom is -0.478 e. The van der Waals surface area contributed by atoms with Crippen molar-refractivity contribution in [1.82, 2.24) is 10.2 Å². The molecule has 1 aromatic rings. The van der Waals surface area contributed by atoms with Gasteiger partial charge < -0.3 is 15.3 Å². The number of hydrogen-bond acceptors (Lipinski definition) is 2. The second kappa shape index (κ2) is 6.61. The lowest BCUT2D eigenvalue weighted by molar-refractivity contribution is 0.0697. The Morgan fingerprint density at radius 3 is 2.57 bits per heavy atom. The number of benzene rings is 1. The fourth-order valence-electron chi connectivity index (χ4n) is 2.65. The second-order valence-electron chi connectivity index (χ2n) is 5.79. The molecule has 0 radical (unpaired) electrons. The van der Waals surface area contributed by atoms with Crippen molar-refractivity contribution in [1.29, 1.82) is 0 Å². The quantitative estimate of drug-likeness (QED) is 0.899. The van der Waals surface area contributed by atoms with Crippen LogP contribution in [0.4, 0.5) is 4.79 Å². The van der Waals surface area contributed by atoms with Crippen LogP contribution in [0.2, 0.25) is 0 Å². The first-order valence-corrected chi connectivity index (χ1v) is 7.36. The average Bonchev–Trinajstić information content (AvgIpc) is 2.47. The van der Waals surface area contributed by atoms with Crippen LogP contribution in [0.5, 0.6) is 0 Å². The van der Waals surface area contributed by atoms with Crippen LogP contribution in [-0.4, -0.2) is 35.1 Å². The Bertz CT molecular complexity index is 513. The van der Waals surface area contributed by atoms with Gasteiger partial charge in [0.25, 0.3) is 0 Å². The molecule has 1 aliphatic rings. The van der Waals surface area contributed by atoms with Crippen LogP contribution in [0.1, 0.15) is 48.7 Å². The fraction of sp³-hybridized carbons (Fsp3) is 0.500. The van der Waals surface area contributed by atoms with E-state index in [0.29, 0.717) is 5.92 Å². The first kappa shape index (κ1) is 15.4. The summed E-state index contributed by atoms with van der Waals surface area (Å²) in [7, 11) is 0. The van der Waals surface area contributed by atoms with Crippen LogP contribution in [0.3, 0.4) is 0 Å². The van der Waals surface area contributed by atoms with Crippen molar-refractivity contribution in [3.05, 3.63) is 35.4 Å². The maximum atomic E-state index is 12.2. The van der Waals surface area contributed by atoms with E-state index in [-0.39, 0.29) is 17.6 Å². The monoisotopic (exact) mass is 290 g/mol. The van der Waals surface area contributed by atoms with Crippen molar-refractivity contribution < 1.29 is 14.7 Å². The Hall–Kier alpha value is -2.04. The minimum atomic E-state index is -0.944. The van der Waals surface area contributed by atoms with E-state index in [9.17, 15) is 9.59 Å². The van der Waals surface area contributed by atoms with Crippen molar-refractivity contribution in [3.8, 4) is 0 Å². The molecule has 1 aromatic carbocycles. The summed E-state index contributed by atoms with van der Waals surface area (Å²) in [6.45, 7) is 5.67. The molecule has 2 amide bonds. The standard InChI is InChI=1S/C16H22N2O3/c1-11-4-3-9-18(10-11)16(21)17-12(2)13-5-7-14(8-6-13)15(19)20/h5-8,11-12H,3-4,9-10H2,1-2H3,(H,17,21)(H,19,20)/t11?,12-/m0/s1. The molecule has 1 saturated heterocycles. The van der Waals surface area contributed by atoms with Gasteiger partial charge in [-0.1, -0.05) is 19.1 Å². The molecule has 0 spiro atoms. The number of hydrogen-bond donors (Lipinski definition) is 2. The molecule has 21 heavy (non-hydrogen) atoms. The zero-order valence-corrected chi connectivity index (χ0v) is 12.5. The Kier molecular flexibility index (Phi) is 4.83. The molecule has 0 aromatic heterocycles. The van der Waals surface area contributed by atoms with Crippen LogP contribution in [0.25, 0.3) is 0 Å². The first-order valence-electron chi connectivity index (χ1n) is 7.36. The van der Waals surface area contributed by atoms with Crippen molar-refractivity contribution in [2.75, 3.05) is 13.1 Å². The fourth-order valence-corrected chi connectivity index (χ4v) is 2.65. The van der Waals surface area contributed by atoms with Crippen molar-refractivity contribution >= 4 is 12.0 Å². The molecule has 0 saturated carbocycles. The number of carboxylic acids is 1. The highest BCUT2D eigenvalue weighted by Crippen LogP contribution is 2.18. The van der Waals surface area contributed by atoms with Gasteiger partial charge in [-0.3, -0.25) is 0 Å². The van der Waals surface area contributed by atoms with Crippen LogP contribution >= 0.6 is 0 Å². The van der Waals surface area contributed by atoms with Crippen molar-refractivity contribution in [3.63, 3.8) is 0 Å². The van der Waals surface area contributed by atoms with Gasteiger partial charge in [-0.25, -0.2) is 9.59 Å². The Balaban J connectivity index is 1.95. The van der Waals surface area contributed by atoms with Gasteiger partial charge in [-0.05, 0) is 43.4 Å². The van der Waals surface area contributed by atoms with Gasteiger partial charge in [-0.15, -0.1) is 0 Å². The van der Waals surface area contributed by atoms with Crippen molar-refractivity contribution in [2.24, 2.45) is 5.92 Å². The summed E-state index contributed by atoms with van der Waals surface area (Å²) >= 11 is 0. The predicted molar refractivity (Wildman–Crippen MR) is 80.3 cm³/mol. The van der Waals surface area contributed by atoms with Crippen molar-refractivity contribution in [2.45, 2.75) is 32.7 Å². The number of amides is 2. The van der Waals surface area contributed by atoms with Crippen LogP contribution in [0, 0.1) is 5.92 Å². The van der Waals surface area contributed by atoms with Gasteiger partial charge in [0.2, 0.25) is 0 Å². The second-order valence-corrected chi connectivity index (χ2v) is 5.79. The number of aromatic carboxylic acids is 1. The Morgan fingerprint density at radius 2 is 2.00 bits per heavy atom. The number of carbonyl (C=O) groups is 2. The number of rotatable bonds is 3. The zero-order valence-electron chi connectivity index (χ0n) is 12.5. The summed E-state index contributed by atoms with van der Waals surface area (Å²) in [5.74, 6) is -0.393. The molecule has 1 heterocycles. The normalized spacial score (nSPS) is 19.9. The molecule has 2 atom stereocenters. The molecule has 5 nitrogen and oxygen atoms in total. The first-order chi connectivity index (χ1) is 9.97. The van der Waals surface area contributed by atoms with Crippen LogP contribution in [-0.2, 0) is 0 Å². The number of likely N-dealkylation sites (tertiary alicyclic amines) is 1. The molecule has 0 aliphatic carbocycles. The number of carbonyl (C=O) groups excluding carboxylic acids is 1. The van der Waals surface area contributed by atoms with E-state index in [1.807, 2.05) is 11.8 Å². The van der Waals surface area contributed by atoms with Crippen LogP contribution in [0.15, 0.2) is 24.3 Å². The number of urea groups is 1. The van der Waals surface area contributed by atoms with Gasteiger partial charge in [0.05, 0.1) is 11.6 Å². The molecule has 2 rings (SSSR count). The predicted octanol–water partition coefficient (Wildman–Crippen LogP) is 2.89. The molecular weight excluding hydrogens is 268 g/mol. The number of carboxylic acid groups (broad SMARTS) is 1.